The van der Waals surface area contributed by atoms with Crippen LogP contribution in [0, 0.1) is 10.8 Å². The minimum atomic E-state index is -0.735. The molecule has 5 aliphatic rings. The molecule has 8 atom stereocenters. The van der Waals surface area contributed by atoms with E-state index in [0.29, 0.717) is 26.1 Å². The summed E-state index contributed by atoms with van der Waals surface area (Å²) in [6, 6.07) is 0. The Labute approximate surface area is 218 Å². The van der Waals surface area contributed by atoms with E-state index in [1.165, 1.54) is 17.7 Å². The highest BCUT2D eigenvalue weighted by Gasteiger charge is 2.83. The third-order valence-electron chi connectivity index (χ3n) is 9.24. The van der Waals surface area contributed by atoms with E-state index < -0.39 is 46.7 Å². The van der Waals surface area contributed by atoms with Crippen LogP contribution in [0.15, 0.2) is 47.6 Å². The Morgan fingerprint density at radius 1 is 1.05 bits per heavy atom. The third-order valence-corrected chi connectivity index (χ3v) is 9.24. The molecule has 202 valence electrons. The molecule has 2 aliphatic carbocycles. The minimum Gasteiger partial charge on any atom is -0.462 e. The van der Waals surface area contributed by atoms with Crippen molar-refractivity contribution in [2.75, 3.05) is 19.8 Å². The highest BCUT2D eigenvalue weighted by atomic mass is 16.6. The molecule has 0 aromatic rings. The highest BCUT2D eigenvalue weighted by Crippen LogP contribution is 2.72. The Kier molecular flexibility index (Phi) is 6.98. The highest BCUT2D eigenvalue weighted by molar-refractivity contribution is 5.83. The van der Waals surface area contributed by atoms with E-state index in [9.17, 15) is 14.7 Å². The average Bonchev–Trinajstić information content (AvgIpc) is 3.61. The summed E-state index contributed by atoms with van der Waals surface area (Å²) in [5.41, 5.74) is 0.318. The molecule has 37 heavy (non-hydrogen) atoms. The molecule has 8 heteroatoms. The predicted molar refractivity (Wildman–Crippen MR) is 134 cm³/mol. The molecule has 0 aromatic carbocycles. The summed E-state index contributed by atoms with van der Waals surface area (Å²) in [7, 11) is 0. The van der Waals surface area contributed by atoms with E-state index in [0.717, 1.165) is 18.4 Å². The summed E-state index contributed by atoms with van der Waals surface area (Å²) in [6.45, 7) is 8.73. The first kappa shape index (κ1) is 26.4. The van der Waals surface area contributed by atoms with Crippen LogP contribution in [0.25, 0.3) is 0 Å². The van der Waals surface area contributed by atoms with Crippen molar-refractivity contribution in [3.8, 4) is 0 Å². The molecule has 2 saturated heterocycles. The van der Waals surface area contributed by atoms with Gasteiger partial charge < -0.3 is 28.8 Å². The molecule has 0 amide bonds. The van der Waals surface area contributed by atoms with Gasteiger partial charge in [0.25, 0.3) is 0 Å². The summed E-state index contributed by atoms with van der Waals surface area (Å²) >= 11 is 0. The number of ether oxygens (including phenoxy) is 5. The van der Waals surface area contributed by atoms with Gasteiger partial charge >= 0.3 is 11.9 Å². The molecule has 2 spiro atoms. The van der Waals surface area contributed by atoms with Crippen molar-refractivity contribution in [1.29, 1.82) is 0 Å². The topological polar surface area (TPSA) is 104 Å². The zero-order valence-corrected chi connectivity index (χ0v) is 22.1. The fraction of sp³-hybridized carbons (Fsp3) is 0.655. The lowest BCUT2D eigenvalue weighted by Crippen LogP contribution is -2.66. The number of hydrogen-bond donors (Lipinski definition) is 1. The van der Waals surface area contributed by atoms with E-state index in [4.69, 9.17) is 23.7 Å². The maximum Gasteiger partial charge on any atom is 0.331 e. The Morgan fingerprint density at radius 3 is 2.57 bits per heavy atom. The van der Waals surface area contributed by atoms with E-state index in [1.807, 2.05) is 6.92 Å². The number of carbonyl (C=O) groups is 2. The van der Waals surface area contributed by atoms with Gasteiger partial charge in [-0.15, -0.1) is 0 Å². The monoisotopic (exact) mass is 514 g/mol. The number of rotatable bonds is 1. The first-order chi connectivity index (χ1) is 17.6. The van der Waals surface area contributed by atoms with E-state index in [2.05, 4.69) is 19.9 Å². The maximum atomic E-state index is 12.9. The largest absolute Gasteiger partial charge is 0.462 e. The average molecular weight is 515 g/mol. The van der Waals surface area contributed by atoms with Gasteiger partial charge in [0.05, 0.1) is 36.9 Å². The van der Waals surface area contributed by atoms with Gasteiger partial charge in [-0.05, 0) is 40.0 Å². The fourth-order valence-corrected chi connectivity index (χ4v) is 6.85. The van der Waals surface area contributed by atoms with E-state index >= 15 is 0 Å². The van der Waals surface area contributed by atoms with Gasteiger partial charge in [0.1, 0.15) is 24.4 Å². The lowest BCUT2D eigenvalue weighted by Gasteiger charge is -2.58. The van der Waals surface area contributed by atoms with Crippen molar-refractivity contribution in [1.82, 2.24) is 0 Å². The number of esters is 2. The molecule has 8 nitrogen and oxygen atoms in total. The Bertz CT molecular complexity index is 1050. The van der Waals surface area contributed by atoms with Crippen molar-refractivity contribution < 1.29 is 38.4 Å². The third kappa shape index (κ3) is 4.42. The molecule has 1 saturated carbocycles. The Balaban J connectivity index is 1.51. The molecule has 3 fully saturated rings. The molecule has 2 unspecified atom stereocenters. The summed E-state index contributed by atoms with van der Waals surface area (Å²) in [6.07, 6.45) is 10.5. The normalized spacial score (nSPS) is 46.2. The number of aliphatic hydroxyl groups excluding tert-OH is 1. The number of cyclic esters (lactones) is 1. The van der Waals surface area contributed by atoms with Gasteiger partial charge in [0.2, 0.25) is 0 Å². The van der Waals surface area contributed by atoms with Crippen LogP contribution in [-0.2, 0) is 33.3 Å². The van der Waals surface area contributed by atoms with Gasteiger partial charge in [-0.1, -0.05) is 42.4 Å². The SMILES string of the molecule is CC1=C[C@H]2OC3C[C@H]4OC(=O)/C=C\C=C/[C@H]([C@H](C)O)OCC/C(C)=C\C(=O)OCC2(CC1)[C@]4(C)[C@]31CO1. The number of carbonyl (C=O) groups excluding carboxylic acids is 2. The van der Waals surface area contributed by atoms with Crippen molar-refractivity contribution in [3.05, 3.63) is 47.6 Å². The summed E-state index contributed by atoms with van der Waals surface area (Å²) in [4.78, 5) is 25.9. The minimum absolute atomic E-state index is 0.144. The van der Waals surface area contributed by atoms with Crippen molar-refractivity contribution >= 4 is 11.9 Å². The second-order valence-corrected chi connectivity index (χ2v) is 11.4. The molecular formula is C29H38O8. The number of hydrogen-bond acceptors (Lipinski definition) is 8. The van der Waals surface area contributed by atoms with Crippen LogP contribution in [0.2, 0.25) is 0 Å². The quantitative estimate of drug-likeness (QED) is 0.323. The number of allylic oxidation sites excluding steroid dienone is 3. The number of aliphatic hydroxyl groups is 1. The molecule has 3 aliphatic heterocycles. The Hall–Kier alpha value is -2.26. The predicted octanol–water partition coefficient (Wildman–Crippen LogP) is 3.34. The van der Waals surface area contributed by atoms with Crippen LogP contribution >= 0.6 is 0 Å². The van der Waals surface area contributed by atoms with Crippen LogP contribution in [0.4, 0.5) is 0 Å². The van der Waals surface area contributed by atoms with Gasteiger partial charge in [-0.2, -0.15) is 0 Å². The molecule has 5 rings (SSSR count). The zero-order chi connectivity index (χ0) is 26.4. The second-order valence-electron chi connectivity index (χ2n) is 11.4. The number of epoxide rings is 1. The van der Waals surface area contributed by atoms with Crippen LogP contribution < -0.4 is 0 Å². The first-order valence-corrected chi connectivity index (χ1v) is 13.3. The smallest absolute Gasteiger partial charge is 0.331 e. The lowest BCUT2D eigenvalue weighted by molar-refractivity contribution is -0.232. The van der Waals surface area contributed by atoms with Gasteiger partial charge in [0.15, 0.2) is 0 Å². The standard InChI is InChI=1S/C29H38O8/c1-18-9-11-28-16-34-26(32)14-19(2)10-12-33-21(20(3)30)7-5-6-8-25(31)37-22-15-24(36-23(28)13-18)29(17-35-29)27(22,28)4/h5-8,13-14,20-24,30H,9-12,15-17H2,1-4H3/b7-5-,8-6-,19-14-/t20-,21+,22+,23+,24?,27+,28?,29-/m0/s1. The van der Waals surface area contributed by atoms with E-state index in [-0.39, 0.29) is 18.8 Å². The van der Waals surface area contributed by atoms with Crippen LogP contribution in [0.5, 0.6) is 0 Å². The van der Waals surface area contributed by atoms with Crippen LogP contribution in [0.3, 0.4) is 0 Å². The second kappa shape index (κ2) is 9.80. The molecule has 1 N–H and O–H groups in total. The molecule has 0 radical (unpaired) electrons. The zero-order valence-electron chi connectivity index (χ0n) is 22.1. The van der Waals surface area contributed by atoms with Crippen LogP contribution in [0.1, 0.15) is 53.4 Å². The summed E-state index contributed by atoms with van der Waals surface area (Å²) in [5.74, 6) is -0.879. The molecule has 2 bridgehead atoms. The van der Waals surface area contributed by atoms with Gasteiger partial charge in [0, 0.05) is 24.0 Å². The van der Waals surface area contributed by atoms with Crippen molar-refractivity contribution in [2.24, 2.45) is 10.8 Å². The summed E-state index contributed by atoms with van der Waals surface area (Å²) < 4.78 is 30.6. The lowest BCUT2D eigenvalue weighted by atomic mass is 9.51. The van der Waals surface area contributed by atoms with Crippen molar-refractivity contribution in [3.63, 3.8) is 0 Å². The van der Waals surface area contributed by atoms with Crippen molar-refractivity contribution in [2.45, 2.75) is 89.5 Å². The fourth-order valence-electron chi connectivity index (χ4n) is 6.85. The maximum absolute atomic E-state index is 12.9. The van der Waals surface area contributed by atoms with Gasteiger partial charge in [-0.25, -0.2) is 9.59 Å². The van der Waals surface area contributed by atoms with Crippen LogP contribution in [-0.4, -0.2) is 73.0 Å². The summed E-state index contributed by atoms with van der Waals surface area (Å²) in [5, 5.41) is 10.0. The molecular weight excluding hydrogens is 476 g/mol. The first-order valence-electron chi connectivity index (χ1n) is 13.3. The van der Waals surface area contributed by atoms with E-state index in [1.54, 1.807) is 25.2 Å². The molecule has 0 aromatic heterocycles. The Morgan fingerprint density at radius 2 is 1.84 bits per heavy atom. The van der Waals surface area contributed by atoms with Gasteiger partial charge in [-0.3, -0.25) is 0 Å². The molecule has 3 heterocycles.